The van der Waals surface area contributed by atoms with E-state index in [1.165, 1.54) is 7.11 Å². The van der Waals surface area contributed by atoms with E-state index in [2.05, 4.69) is 29.2 Å². The van der Waals surface area contributed by atoms with E-state index in [4.69, 9.17) is 19.3 Å². The third kappa shape index (κ3) is 5.59. The maximum absolute atomic E-state index is 12.0. The van der Waals surface area contributed by atoms with Crippen LogP contribution in [-0.4, -0.2) is 48.7 Å². The van der Waals surface area contributed by atoms with Crippen LogP contribution in [0.5, 0.6) is 5.75 Å². The number of carbonyl (C=O) groups is 1. The Bertz CT molecular complexity index is 1150. The Morgan fingerprint density at radius 1 is 1.12 bits per heavy atom. The molecule has 0 radical (unpaired) electrons. The molecule has 0 spiro atoms. The highest BCUT2D eigenvalue weighted by Crippen LogP contribution is 2.31. The number of esters is 1. The number of carbonyl (C=O) groups excluding carboxylic acids is 1. The number of hydrogen-bond acceptors (Lipinski definition) is 6. The summed E-state index contributed by atoms with van der Waals surface area (Å²) in [6.07, 6.45) is 2.55. The minimum Gasteiger partial charge on any atom is -0.490 e. The Hall–Kier alpha value is -3.32. The molecule has 2 aromatic carbocycles. The van der Waals surface area contributed by atoms with Gasteiger partial charge in [0.2, 0.25) is 0 Å². The zero-order valence-corrected chi connectivity index (χ0v) is 20.6. The van der Waals surface area contributed by atoms with Crippen molar-refractivity contribution < 1.29 is 19.0 Å². The van der Waals surface area contributed by atoms with Crippen LogP contribution in [0.25, 0.3) is 11.3 Å². The van der Waals surface area contributed by atoms with Crippen LogP contribution in [0.2, 0.25) is 0 Å². The number of aromatic nitrogens is 2. The molecule has 1 aliphatic carbocycles. The van der Waals surface area contributed by atoms with Gasteiger partial charge in [-0.15, -0.1) is 0 Å². The van der Waals surface area contributed by atoms with Gasteiger partial charge >= 0.3 is 5.97 Å². The zero-order chi connectivity index (χ0) is 24.3. The summed E-state index contributed by atoms with van der Waals surface area (Å²) >= 11 is 0. The van der Waals surface area contributed by atoms with Gasteiger partial charge in [0.15, 0.2) is 5.60 Å². The van der Waals surface area contributed by atoms with Crippen molar-refractivity contribution in [2.24, 2.45) is 0 Å². The Balaban J connectivity index is 1.66. The first-order chi connectivity index (χ1) is 16.3. The lowest BCUT2D eigenvalue weighted by atomic mass is 10.1. The molecule has 1 saturated carbocycles. The third-order valence-electron chi connectivity index (χ3n) is 5.84. The van der Waals surface area contributed by atoms with Crippen LogP contribution in [0.1, 0.15) is 37.9 Å². The second kappa shape index (κ2) is 9.89. The Labute approximate surface area is 201 Å². The lowest BCUT2D eigenvalue weighted by Crippen LogP contribution is -2.35. The molecule has 7 nitrogen and oxygen atoms in total. The predicted molar refractivity (Wildman–Crippen MR) is 132 cm³/mol. The van der Waals surface area contributed by atoms with Crippen molar-refractivity contribution in [3.05, 3.63) is 65.9 Å². The summed E-state index contributed by atoms with van der Waals surface area (Å²) in [7, 11) is 5.44. The van der Waals surface area contributed by atoms with E-state index in [-0.39, 0.29) is 6.61 Å². The number of hydrogen-bond donors (Lipinski definition) is 0. The minimum absolute atomic E-state index is 0.190. The molecule has 180 valence electrons. The van der Waals surface area contributed by atoms with Gasteiger partial charge in [0.05, 0.1) is 37.8 Å². The maximum atomic E-state index is 12.0. The lowest BCUT2D eigenvalue weighted by molar-refractivity contribution is -0.166. The molecule has 0 amide bonds. The van der Waals surface area contributed by atoms with Gasteiger partial charge in [-0.2, -0.15) is 5.10 Å². The first kappa shape index (κ1) is 23.8. The maximum Gasteiger partial charge on any atom is 0.337 e. The molecule has 4 rings (SSSR count). The van der Waals surface area contributed by atoms with E-state index in [0.29, 0.717) is 12.6 Å². The van der Waals surface area contributed by atoms with Crippen LogP contribution in [-0.2, 0) is 27.4 Å². The molecular formula is C27H33N3O4. The molecule has 0 saturated heterocycles. The van der Waals surface area contributed by atoms with Crippen molar-refractivity contribution in [1.29, 1.82) is 0 Å². The summed E-state index contributed by atoms with van der Waals surface area (Å²) < 4.78 is 18.8. The summed E-state index contributed by atoms with van der Waals surface area (Å²) in [6.45, 7) is 4.18. The van der Waals surface area contributed by atoms with E-state index in [0.717, 1.165) is 46.8 Å². The van der Waals surface area contributed by atoms with Gasteiger partial charge in [0.25, 0.3) is 0 Å². The number of ether oxygens (including phenoxy) is 3. The molecular weight excluding hydrogens is 430 g/mol. The van der Waals surface area contributed by atoms with Gasteiger partial charge < -0.3 is 19.1 Å². The fraction of sp³-hybridized carbons (Fsp3) is 0.407. The average Bonchev–Trinajstić information content (AvgIpc) is 3.54. The second-order valence-corrected chi connectivity index (χ2v) is 9.34. The monoisotopic (exact) mass is 463 g/mol. The number of methoxy groups -OCH3 is 1. The molecule has 0 unspecified atom stereocenters. The van der Waals surface area contributed by atoms with Gasteiger partial charge in [0, 0.05) is 25.3 Å². The van der Waals surface area contributed by atoms with E-state index in [1.54, 1.807) is 13.8 Å². The fourth-order valence-electron chi connectivity index (χ4n) is 3.80. The predicted octanol–water partition coefficient (Wildman–Crippen LogP) is 4.67. The number of anilines is 1. The van der Waals surface area contributed by atoms with Crippen molar-refractivity contribution >= 4 is 11.7 Å². The van der Waals surface area contributed by atoms with E-state index >= 15 is 0 Å². The number of benzene rings is 2. The number of para-hydroxylation sites is 1. The van der Waals surface area contributed by atoms with E-state index < -0.39 is 11.6 Å². The standard InChI is InChI=1S/C27H33N3O4/c1-27(2,26(31)32-5)33-18-21-16-25(19-10-8-11-23(15-19)34-22-13-14-22)30(28-21)17-20-9-6-7-12-24(20)29(3)4/h6-12,15-16,22H,13-14,17-18H2,1-5H3. The molecule has 7 heteroatoms. The summed E-state index contributed by atoms with van der Waals surface area (Å²) in [5, 5.41) is 4.85. The third-order valence-corrected chi connectivity index (χ3v) is 5.84. The Kier molecular flexibility index (Phi) is 6.93. The molecule has 0 atom stereocenters. The molecule has 0 N–H and O–H groups in total. The van der Waals surface area contributed by atoms with E-state index in [9.17, 15) is 4.79 Å². The average molecular weight is 464 g/mol. The molecule has 0 bridgehead atoms. The topological polar surface area (TPSA) is 65.8 Å². The highest BCUT2D eigenvalue weighted by atomic mass is 16.6. The van der Waals surface area contributed by atoms with Crippen LogP contribution in [0, 0.1) is 0 Å². The highest BCUT2D eigenvalue weighted by molar-refractivity contribution is 5.78. The molecule has 1 aliphatic rings. The van der Waals surface area contributed by atoms with Crippen molar-refractivity contribution in [2.45, 2.75) is 51.5 Å². The molecule has 1 aromatic heterocycles. The number of nitrogens with zero attached hydrogens (tertiary/aromatic N) is 3. The van der Waals surface area contributed by atoms with Crippen molar-refractivity contribution in [3.8, 4) is 17.0 Å². The molecule has 0 aliphatic heterocycles. The van der Waals surface area contributed by atoms with E-state index in [1.807, 2.05) is 49.1 Å². The quantitative estimate of drug-likeness (QED) is 0.407. The van der Waals surface area contributed by atoms with Crippen LogP contribution in [0.15, 0.2) is 54.6 Å². The van der Waals surface area contributed by atoms with Gasteiger partial charge in [-0.05, 0) is 56.5 Å². The lowest BCUT2D eigenvalue weighted by Gasteiger charge is -2.21. The first-order valence-corrected chi connectivity index (χ1v) is 11.6. The smallest absolute Gasteiger partial charge is 0.337 e. The van der Waals surface area contributed by atoms with Crippen molar-refractivity contribution in [2.75, 3.05) is 26.1 Å². The Morgan fingerprint density at radius 2 is 1.88 bits per heavy atom. The summed E-state index contributed by atoms with van der Waals surface area (Å²) in [6, 6.07) is 18.4. The van der Waals surface area contributed by atoms with Gasteiger partial charge in [-0.25, -0.2) is 4.79 Å². The highest BCUT2D eigenvalue weighted by Gasteiger charge is 2.30. The summed E-state index contributed by atoms with van der Waals surface area (Å²) in [5.74, 6) is 0.447. The minimum atomic E-state index is -1.06. The fourth-order valence-corrected chi connectivity index (χ4v) is 3.80. The summed E-state index contributed by atoms with van der Waals surface area (Å²) in [5.41, 5.74) is 3.95. The molecule has 34 heavy (non-hydrogen) atoms. The van der Waals surface area contributed by atoms with Gasteiger partial charge in [-0.3, -0.25) is 4.68 Å². The largest absolute Gasteiger partial charge is 0.490 e. The molecule has 1 fully saturated rings. The Morgan fingerprint density at radius 3 is 2.59 bits per heavy atom. The first-order valence-electron chi connectivity index (χ1n) is 11.6. The number of rotatable bonds is 10. The normalized spacial score (nSPS) is 13.6. The van der Waals surface area contributed by atoms with Crippen molar-refractivity contribution in [1.82, 2.24) is 9.78 Å². The van der Waals surface area contributed by atoms with Gasteiger partial charge in [-0.1, -0.05) is 30.3 Å². The molecule has 1 heterocycles. The van der Waals surface area contributed by atoms with Crippen LogP contribution < -0.4 is 9.64 Å². The van der Waals surface area contributed by atoms with Crippen LogP contribution in [0.3, 0.4) is 0 Å². The SMILES string of the molecule is COC(=O)C(C)(C)OCc1cc(-c2cccc(OC3CC3)c2)n(Cc2ccccc2N(C)C)n1. The van der Waals surface area contributed by atoms with Crippen molar-refractivity contribution in [3.63, 3.8) is 0 Å². The molecule has 3 aromatic rings. The van der Waals surface area contributed by atoms with Gasteiger partial charge in [0.1, 0.15) is 5.75 Å². The zero-order valence-electron chi connectivity index (χ0n) is 20.6. The summed E-state index contributed by atoms with van der Waals surface area (Å²) in [4.78, 5) is 14.1. The second-order valence-electron chi connectivity index (χ2n) is 9.34. The van der Waals surface area contributed by atoms with Crippen LogP contribution >= 0.6 is 0 Å². The van der Waals surface area contributed by atoms with Crippen LogP contribution in [0.4, 0.5) is 5.69 Å².